The van der Waals surface area contributed by atoms with Crippen molar-refractivity contribution in [2.75, 3.05) is 26.8 Å². The molecule has 6 heteroatoms. The highest BCUT2D eigenvalue weighted by Gasteiger charge is 2.57. The van der Waals surface area contributed by atoms with Gasteiger partial charge in [-0.25, -0.2) is 0 Å². The number of carbonyl (C=O) groups is 1. The molecule has 1 N–H and O–H groups in total. The van der Waals surface area contributed by atoms with E-state index in [-0.39, 0.29) is 24.2 Å². The average Bonchev–Trinajstić information content (AvgIpc) is 2.97. The maximum Gasteiger partial charge on any atom is 0.228 e. The summed E-state index contributed by atoms with van der Waals surface area (Å²) in [6, 6.07) is 2.55. The number of hydrogen-bond acceptors (Lipinski definition) is 4. The van der Waals surface area contributed by atoms with E-state index in [4.69, 9.17) is 4.74 Å². The summed E-state index contributed by atoms with van der Waals surface area (Å²) in [5, 5.41) is 7.67. The van der Waals surface area contributed by atoms with Crippen LogP contribution in [0.15, 0.2) is 16.8 Å². The Morgan fingerprint density at radius 1 is 1.52 bits per heavy atom. The molecule has 0 bridgehead atoms. The second-order valence-corrected chi connectivity index (χ2v) is 7.57. The Hall–Kier alpha value is -0.620. The monoisotopic (exact) mass is 358 g/mol. The molecular weight excluding hydrogens is 332 g/mol. The molecular formula is C17H27ClN2O2S. The molecule has 3 rings (SSSR count). The lowest BCUT2D eigenvalue weighted by molar-refractivity contribution is -0.138. The third kappa shape index (κ3) is 4.08. The zero-order chi connectivity index (χ0) is 15.6. The topological polar surface area (TPSA) is 41.6 Å². The van der Waals surface area contributed by atoms with Gasteiger partial charge in [-0.05, 0) is 60.2 Å². The van der Waals surface area contributed by atoms with Crippen LogP contribution >= 0.6 is 23.7 Å². The lowest BCUT2D eigenvalue weighted by Crippen LogP contribution is -2.42. The van der Waals surface area contributed by atoms with E-state index >= 15 is 0 Å². The minimum Gasteiger partial charge on any atom is -0.384 e. The van der Waals surface area contributed by atoms with Crippen molar-refractivity contribution in [1.29, 1.82) is 0 Å². The molecule has 1 aliphatic heterocycles. The third-order valence-electron chi connectivity index (χ3n) is 5.18. The van der Waals surface area contributed by atoms with Crippen molar-refractivity contribution < 1.29 is 9.53 Å². The van der Waals surface area contributed by atoms with Gasteiger partial charge >= 0.3 is 0 Å². The minimum atomic E-state index is -0.0667. The minimum absolute atomic E-state index is 0. The summed E-state index contributed by atoms with van der Waals surface area (Å²) in [5.41, 5.74) is 1.63. The van der Waals surface area contributed by atoms with Gasteiger partial charge < -0.3 is 15.0 Å². The van der Waals surface area contributed by atoms with E-state index in [1.165, 1.54) is 24.8 Å². The van der Waals surface area contributed by atoms with Crippen LogP contribution in [0.2, 0.25) is 0 Å². The fourth-order valence-corrected chi connectivity index (χ4v) is 4.41. The van der Waals surface area contributed by atoms with Crippen molar-refractivity contribution in [3.05, 3.63) is 22.4 Å². The van der Waals surface area contributed by atoms with Gasteiger partial charge in [0.1, 0.15) is 0 Å². The Morgan fingerprint density at radius 3 is 2.87 bits per heavy atom. The number of piperidine rings is 1. The Morgan fingerprint density at radius 2 is 2.26 bits per heavy atom. The van der Waals surface area contributed by atoms with Crippen molar-refractivity contribution in [2.24, 2.45) is 11.3 Å². The summed E-state index contributed by atoms with van der Waals surface area (Å²) in [4.78, 5) is 15.0. The molecule has 2 heterocycles. The van der Waals surface area contributed by atoms with Crippen LogP contribution in [-0.4, -0.2) is 43.7 Å². The van der Waals surface area contributed by atoms with Crippen molar-refractivity contribution in [1.82, 2.24) is 10.2 Å². The number of carbonyl (C=O) groups excluding carboxylic acids is 1. The summed E-state index contributed by atoms with van der Waals surface area (Å²) >= 11 is 1.70. The number of halogens is 1. The molecule has 2 aliphatic rings. The number of thiophene rings is 1. The van der Waals surface area contributed by atoms with Crippen LogP contribution in [0.1, 0.15) is 31.7 Å². The molecule has 130 valence electrons. The zero-order valence-electron chi connectivity index (χ0n) is 13.9. The summed E-state index contributed by atoms with van der Waals surface area (Å²) in [5.74, 6) is 0.177. The Bertz CT molecular complexity index is 503. The molecule has 23 heavy (non-hydrogen) atoms. The Kier molecular flexibility index (Phi) is 6.48. The van der Waals surface area contributed by atoms with Gasteiger partial charge in [0.25, 0.3) is 0 Å². The van der Waals surface area contributed by atoms with Gasteiger partial charge in [-0.1, -0.05) is 6.92 Å². The lowest BCUT2D eigenvalue weighted by atomic mass is 9.93. The molecule has 0 aromatic carbocycles. The van der Waals surface area contributed by atoms with E-state index in [1.807, 2.05) is 6.92 Å². The van der Waals surface area contributed by atoms with Crippen LogP contribution in [0.4, 0.5) is 0 Å². The largest absolute Gasteiger partial charge is 0.384 e. The number of rotatable bonds is 6. The molecule has 1 amide bonds. The Labute approximate surface area is 149 Å². The first-order chi connectivity index (χ1) is 10.7. The first kappa shape index (κ1) is 18.7. The second-order valence-electron chi connectivity index (χ2n) is 6.79. The SMILES string of the molecule is COCC(C)C(=O)N(Cc1ccsc1)C1CC12CCNCC2.Cl. The molecule has 1 saturated heterocycles. The van der Waals surface area contributed by atoms with Gasteiger partial charge in [0.2, 0.25) is 5.91 Å². The van der Waals surface area contributed by atoms with Crippen LogP contribution in [0.25, 0.3) is 0 Å². The second kappa shape index (κ2) is 7.97. The van der Waals surface area contributed by atoms with Gasteiger partial charge in [-0.2, -0.15) is 11.3 Å². The van der Waals surface area contributed by atoms with Crippen molar-refractivity contribution in [3.8, 4) is 0 Å². The molecule has 1 aliphatic carbocycles. The van der Waals surface area contributed by atoms with Gasteiger partial charge in [0.05, 0.1) is 12.5 Å². The number of amides is 1. The average molecular weight is 359 g/mol. The number of nitrogens with one attached hydrogen (secondary N) is 1. The maximum atomic E-state index is 12.9. The molecule has 2 fully saturated rings. The maximum absolute atomic E-state index is 12.9. The van der Waals surface area contributed by atoms with E-state index in [0.717, 1.165) is 19.6 Å². The molecule has 2 unspecified atom stereocenters. The van der Waals surface area contributed by atoms with Crippen molar-refractivity contribution in [3.63, 3.8) is 0 Å². The van der Waals surface area contributed by atoms with E-state index in [0.29, 0.717) is 18.1 Å². The van der Waals surface area contributed by atoms with Crippen molar-refractivity contribution in [2.45, 2.75) is 38.8 Å². The van der Waals surface area contributed by atoms with Gasteiger partial charge in [-0.3, -0.25) is 4.79 Å². The summed E-state index contributed by atoms with van der Waals surface area (Å²) < 4.78 is 5.19. The number of ether oxygens (including phenoxy) is 1. The molecule has 4 nitrogen and oxygen atoms in total. The van der Waals surface area contributed by atoms with E-state index in [2.05, 4.69) is 27.0 Å². The van der Waals surface area contributed by atoms with Gasteiger partial charge in [0.15, 0.2) is 0 Å². The lowest BCUT2D eigenvalue weighted by Gasteiger charge is -2.31. The third-order valence-corrected chi connectivity index (χ3v) is 5.91. The Balaban J connectivity index is 0.00000192. The predicted molar refractivity (Wildman–Crippen MR) is 96.1 cm³/mol. The fourth-order valence-electron chi connectivity index (χ4n) is 3.75. The molecule has 1 spiro atoms. The van der Waals surface area contributed by atoms with Crippen LogP contribution in [0, 0.1) is 11.3 Å². The van der Waals surface area contributed by atoms with Crippen LogP contribution < -0.4 is 5.32 Å². The summed E-state index contributed by atoms with van der Waals surface area (Å²) in [7, 11) is 1.67. The first-order valence-electron chi connectivity index (χ1n) is 8.17. The molecule has 1 saturated carbocycles. The smallest absolute Gasteiger partial charge is 0.228 e. The van der Waals surface area contributed by atoms with Crippen LogP contribution in [0.3, 0.4) is 0 Å². The predicted octanol–water partition coefficient (Wildman–Crippen LogP) is 2.92. The number of nitrogens with zero attached hydrogens (tertiary/aromatic N) is 1. The highest BCUT2D eigenvalue weighted by molar-refractivity contribution is 7.07. The van der Waals surface area contributed by atoms with Gasteiger partial charge in [-0.15, -0.1) is 12.4 Å². The summed E-state index contributed by atoms with van der Waals surface area (Å²) in [6.07, 6.45) is 3.57. The van der Waals surface area contributed by atoms with Crippen LogP contribution in [0.5, 0.6) is 0 Å². The molecule has 1 aromatic rings. The highest BCUT2D eigenvalue weighted by atomic mass is 35.5. The standard InChI is InChI=1S/C17H26N2O2S.ClH/c1-13(11-21-2)16(20)19(10-14-3-8-22-12-14)15-9-17(15)4-6-18-7-5-17;/h3,8,12-13,15,18H,4-7,9-11H2,1-2H3;1H. The number of hydrogen-bond donors (Lipinski definition) is 1. The van der Waals surface area contributed by atoms with Crippen molar-refractivity contribution >= 4 is 29.7 Å². The highest BCUT2D eigenvalue weighted by Crippen LogP contribution is 2.56. The molecule has 0 radical (unpaired) electrons. The molecule has 2 atom stereocenters. The number of methoxy groups -OCH3 is 1. The quantitative estimate of drug-likeness (QED) is 0.850. The van der Waals surface area contributed by atoms with E-state index < -0.39 is 0 Å². The van der Waals surface area contributed by atoms with Gasteiger partial charge in [0, 0.05) is 19.7 Å². The fraction of sp³-hybridized carbons (Fsp3) is 0.706. The van der Waals surface area contributed by atoms with E-state index in [1.54, 1.807) is 18.4 Å². The molecule has 1 aromatic heterocycles. The van der Waals surface area contributed by atoms with Crippen LogP contribution in [-0.2, 0) is 16.1 Å². The first-order valence-corrected chi connectivity index (χ1v) is 9.12. The van der Waals surface area contributed by atoms with E-state index in [9.17, 15) is 4.79 Å². The normalized spacial score (nSPS) is 23.1. The summed E-state index contributed by atoms with van der Waals surface area (Å²) in [6.45, 7) is 5.40. The zero-order valence-corrected chi connectivity index (χ0v) is 15.5.